The molecule has 0 aliphatic heterocycles. The van der Waals surface area contributed by atoms with Crippen molar-refractivity contribution in [1.82, 2.24) is 5.32 Å². The number of ether oxygens (including phenoxy) is 1. The number of carbonyl (C=O) groups is 2. The van der Waals surface area contributed by atoms with Crippen molar-refractivity contribution in [3.63, 3.8) is 0 Å². The van der Waals surface area contributed by atoms with E-state index in [4.69, 9.17) is 4.74 Å². The fourth-order valence-corrected chi connectivity index (χ4v) is 1.23. The first-order chi connectivity index (χ1) is 8.19. The molecule has 0 unspecified atom stereocenters. The maximum atomic E-state index is 13.5. The van der Waals surface area contributed by atoms with E-state index in [9.17, 15) is 14.0 Å². The van der Waals surface area contributed by atoms with E-state index in [0.29, 0.717) is 0 Å². The maximum absolute atomic E-state index is 13.5. The van der Waals surface area contributed by atoms with E-state index in [1.165, 1.54) is 19.1 Å². The molecule has 18 heavy (non-hydrogen) atoms. The highest BCUT2D eigenvalue weighted by Crippen LogP contribution is 2.19. The van der Waals surface area contributed by atoms with Gasteiger partial charge in [-0.2, -0.15) is 0 Å². The number of benzene rings is 1. The highest BCUT2D eigenvalue weighted by molar-refractivity contribution is 5.94. The lowest BCUT2D eigenvalue weighted by atomic mass is 10.1. The second kappa shape index (κ2) is 5.16. The van der Waals surface area contributed by atoms with Gasteiger partial charge in [-0.05, 0) is 45.9 Å². The van der Waals surface area contributed by atoms with Crippen molar-refractivity contribution in [3.05, 3.63) is 29.6 Å². The number of Topliss-reactive ketones (excluding diaryl/α,β-unsaturated/α-hetero) is 1. The van der Waals surface area contributed by atoms with Crippen LogP contribution < -0.4 is 10.1 Å². The van der Waals surface area contributed by atoms with Crippen LogP contribution in [0.15, 0.2) is 18.2 Å². The van der Waals surface area contributed by atoms with E-state index >= 15 is 0 Å². The minimum Gasteiger partial charge on any atom is -0.407 e. The smallest absolute Gasteiger partial charge is 0.407 e. The molecule has 5 heteroatoms. The van der Waals surface area contributed by atoms with Crippen molar-refractivity contribution in [2.45, 2.75) is 33.2 Å². The third kappa shape index (κ3) is 4.16. The van der Waals surface area contributed by atoms with Gasteiger partial charge in [0.1, 0.15) is 0 Å². The van der Waals surface area contributed by atoms with E-state index in [1.807, 2.05) is 0 Å². The second-order valence-corrected chi connectivity index (χ2v) is 4.97. The van der Waals surface area contributed by atoms with E-state index in [-0.39, 0.29) is 17.1 Å². The normalized spacial score (nSPS) is 10.9. The lowest BCUT2D eigenvalue weighted by molar-refractivity contribution is 0.101. The Morgan fingerprint density at radius 3 is 2.33 bits per heavy atom. The van der Waals surface area contributed by atoms with E-state index in [2.05, 4.69) is 5.32 Å². The van der Waals surface area contributed by atoms with Crippen LogP contribution in [0, 0.1) is 5.82 Å². The largest absolute Gasteiger partial charge is 0.413 e. The molecule has 0 fully saturated rings. The number of halogens is 1. The SMILES string of the molecule is CC(=O)c1ccc(OC(=O)NC(C)(C)C)c(F)c1. The van der Waals surface area contributed by atoms with Crippen molar-refractivity contribution in [1.29, 1.82) is 0 Å². The first kappa shape index (κ1) is 14.2. The van der Waals surface area contributed by atoms with Crippen molar-refractivity contribution in [2.24, 2.45) is 0 Å². The number of amides is 1. The van der Waals surface area contributed by atoms with Crippen LogP contribution in [0.4, 0.5) is 9.18 Å². The highest BCUT2D eigenvalue weighted by Gasteiger charge is 2.17. The first-order valence-electron chi connectivity index (χ1n) is 5.49. The van der Waals surface area contributed by atoms with Crippen LogP contribution in [0.25, 0.3) is 0 Å². The fourth-order valence-electron chi connectivity index (χ4n) is 1.23. The molecule has 0 bridgehead atoms. The molecule has 4 nitrogen and oxygen atoms in total. The van der Waals surface area contributed by atoms with Crippen LogP contribution in [-0.2, 0) is 0 Å². The Kier molecular flexibility index (Phi) is 4.06. The maximum Gasteiger partial charge on any atom is 0.413 e. The molecule has 0 aromatic heterocycles. The van der Waals surface area contributed by atoms with Gasteiger partial charge in [-0.3, -0.25) is 4.79 Å². The zero-order chi connectivity index (χ0) is 13.9. The molecule has 1 aromatic carbocycles. The Morgan fingerprint density at radius 1 is 1.28 bits per heavy atom. The molecule has 0 atom stereocenters. The summed E-state index contributed by atoms with van der Waals surface area (Å²) in [4.78, 5) is 22.5. The molecular formula is C13H16FNO3. The van der Waals surface area contributed by atoms with Gasteiger partial charge < -0.3 is 10.1 Å². The lowest BCUT2D eigenvalue weighted by Gasteiger charge is -2.19. The first-order valence-corrected chi connectivity index (χ1v) is 5.49. The summed E-state index contributed by atoms with van der Waals surface area (Å²) in [7, 11) is 0. The topological polar surface area (TPSA) is 55.4 Å². The lowest BCUT2D eigenvalue weighted by Crippen LogP contribution is -2.42. The Bertz CT molecular complexity index is 478. The molecule has 0 radical (unpaired) electrons. The Labute approximate surface area is 105 Å². The summed E-state index contributed by atoms with van der Waals surface area (Å²) >= 11 is 0. The molecule has 0 heterocycles. The monoisotopic (exact) mass is 253 g/mol. The standard InChI is InChI=1S/C13H16FNO3/c1-8(16)9-5-6-11(10(14)7-9)18-12(17)15-13(2,3)4/h5-7H,1-4H3,(H,15,17). The van der Waals surface area contributed by atoms with Gasteiger partial charge in [0.2, 0.25) is 0 Å². The molecule has 0 saturated heterocycles. The number of carbonyl (C=O) groups excluding carboxylic acids is 2. The summed E-state index contributed by atoms with van der Waals surface area (Å²) in [6.07, 6.45) is -0.739. The van der Waals surface area contributed by atoms with Crippen molar-refractivity contribution >= 4 is 11.9 Å². The van der Waals surface area contributed by atoms with E-state index in [0.717, 1.165) is 6.07 Å². The van der Waals surface area contributed by atoms with Crippen molar-refractivity contribution < 1.29 is 18.7 Å². The summed E-state index contributed by atoms with van der Waals surface area (Å²) in [6, 6.07) is 3.71. The van der Waals surface area contributed by atoms with Gasteiger partial charge in [-0.25, -0.2) is 9.18 Å². The van der Waals surface area contributed by atoms with Crippen LogP contribution in [-0.4, -0.2) is 17.4 Å². The van der Waals surface area contributed by atoms with Gasteiger partial charge >= 0.3 is 6.09 Å². The molecule has 1 rings (SSSR count). The quantitative estimate of drug-likeness (QED) is 0.824. The Hall–Kier alpha value is -1.91. The minimum absolute atomic E-state index is 0.207. The van der Waals surface area contributed by atoms with Gasteiger partial charge in [-0.1, -0.05) is 0 Å². The number of hydrogen-bond donors (Lipinski definition) is 1. The summed E-state index contributed by atoms with van der Waals surface area (Å²) in [5.41, 5.74) is -0.233. The molecule has 0 spiro atoms. The third-order valence-corrected chi connectivity index (χ3v) is 2.02. The number of rotatable bonds is 2. The summed E-state index contributed by atoms with van der Waals surface area (Å²) < 4.78 is 18.4. The Balaban J connectivity index is 2.80. The van der Waals surface area contributed by atoms with Crippen molar-refractivity contribution in [3.8, 4) is 5.75 Å². The summed E-state index contributed by atoms with van der Waals surface area (Å²) in [6.45, 7) is 6.68. The molecule has 1 N–H and O–H groups in total. The second-order valence-electron chi connectivity index (χ2n) is 4.97. The predicted octanol–water partition coefficient (Wildman–Crippen LogP) is 2.92. The summed E-state index contributed by atoms with van der Waals surface area (Å²) in [5.74, 6) is -1.20. The third-order valence-electron chi connectivity index (χ3n) is 2.02. The van der Waals surface area contributed by atoms with Gasteiger partial charge in [0.25, 0.3) is 0 Å². The van der Waals surface area contributed by atoms with Crippen LogP contribution in [0.3, 0.4) is 0 Å². The van der Waals surface area contributed by atoms with Gasteiger partial charge in [-0.15, -0.1) is 0 Å². The minimum atomic E-state index is -0.744. The average molecular weight is 253 g/mol. The van der Waals surface area contributed by atoms with Crippen LogP contribution in [0.1, 0.15) is 38.1 Å². The summed E-state index contributed by atoms with van der Waals surface area (Å²) in [5, 5.41) is 2.54. The van der Waals surface area contributed by atoms with Crippen LogP contribution in [0.5, 0.6) is 5.75 Å². The number of hydrogen-bond acceptors (Lipinski definition) is 3. The fraction of sp³-hybridized carbons (Fsp3) is 0.385. The van der Waals surface area contributed by atoms with Gasteiger partial charge in [0, 0.05) is 11.1 Å². The molecule has 1 amide bonds. The highest BCUT2D eigenvalue weighted by atomic mass is 19.1. The average Bonchev–Trinajstić information content (AvgIpc) is 2.17. The molecule has 98 valence electrons. The zero-order valence-corrected chi connectivity index (χ0v) is 10.8. The van der Waals surface area contributed by atoms with E-state index in [1.54, 1.807) is 20.8 Å². The molecular weight excluding hydrogens is 237 g/mol. The molecule has 0 aliphatic rings. The molecule has 0 saturated carbocycles. The van der Waals surface area contributed by atoms with Crippen LogP contribution in [0.2, 0.25) is 0 Å². The molecule has 0 aliphatic carbocycles. The van der Waals surface area contributed by atoms with Crippen LogP contribution >= 0.6 is 0 Å². The zero-order valence-electron chi connectivity index (χ0n) is 10.8. The number of ketones is 1. The Morgan fingerprint density at radius 2 is 1.89 bits per heavy atom. The van der Waals surface area contributed by atoms with Gasteiger partial charge in [0.05, 0.1) is 0 Å². The molecule has 1 aromatic rings. The predicted molar refractivity (Wildman–Crippen MR) is 65.3 cm³/mol. The van der Waals surface area contributed by atoms with E-state index < -0.39 is 17.4 Å². The number of nitrogens with one attached hydrogen (secondary N) is 1. The van der Waals surface area contributed by atoms with Crippen molar-refractivity contribution in [2.75, 3.05) is 0 Å². The van der Waals surface area contributed by atoms with Gasteiger partial charge in [0.15, 0.2) is 17.3 Å².